The van der Waals surface area contributed by atoms with E-state index in [0.717, 1.165) is 44.2 Å². The second-order valence-corrected chi connectivity index (χ2v) is 12.3. The zero-order chi connectivity index (χ0) is 33.4. The molecule has 50 heavy (non-hydrogen) atoms. The molecule has 0 unspecified atom stereocenters. The van der Waals surface area contributed by atoms with Crippen LogP contribution in [-0.4, -0.2) is 15.0 Å². The van der Waals surface area contributed by atoms with Crippen molar-refractivity contribution in [2.24, 2.45) is 0 Å². The van der Waals surface area contributed by atoms with Crippen LogP contribution < -0.4 is 0 Å². The van der Waals surface area contributed by atoms with E-state index >= 15 is 0 Å². The van der Waals surface area contributed by atoms with E-state index in [2.05, 4.69) is 132 Å². The maximum Gasteiger partial charge on any atom is 0.160 e. The molecular formula is C46H28N4. The number of benzene rings is 6. The van der Waals surface area contributed by atoms with Crippen molar-refractivity contribution in [1.29, 1.82) is 5.26 Å². The Labute approximate surface area is 288 Å². The molecule has 4 nitrogen and oxygen atoms in total. The lowest BCUT2D eigenvalue weighted by molar-refractivity contribution is 1.18. The third kappa shape index (κ3) is 5.06. The van der Waals surface area contributed by atoms with Gasteiger partial charge in [0, 0.05) is 29.1 Å². The Morgan fingerprint density at radius 3 is 1.22 bits per heavy atom. The SMILES string of the molecule is N#Cc1ccc(-c2nc(-c3ccncc3)cc(-c3ccc4c5ccccc5c5ccccc5c5ccccc5c5ccccc5c4c3)n2)cc1. The van der Waals surface area contributed by atoms with E-state index in [-0.39, 0.29) is 0 Å². The summed E-state index contributed by atoms with van der Waals surface area (Å²) in [5.41, 5.74) is 4.97. The minimum absolute atomic E-state index is 0.593. The van der Waals surface area contributed by atoms with E-state index in [0.29, 0.717) is 11.4 Å². The molecule has 0 amide bonds. The topological polar surface area (TPSA) is 62.5 Å². The summed E-state index contributed by atoms with van der Waals surface area (Å²) < 4.78 is 0. The predicted octanol–water partition coefficient (Wildman–Crippen LogP) is 11.6. The quantitative estimate of drug-likeness (QED) is 0.194. The van der Waals surface area contributed by atoms with Crippen molar-refractivity contribution in [3.05, 3.63) is 176 Å². The average molecular weight is 637 g/mol. The Bertz CT molecular complexity index is 2800. The largest absolute Gasteiger partial charge is 0.265 e. The Morgan fingerprint density at radius 1 is 0.360 bits per heavy atom. The molecule has 4 heteroatoms. The molecule has 0 aliphatic carbocycles. The van der Waals surface area contributed by atoms with Gasteiger partial charge < -0.3 is 0 Å². The molecular weight excluding hydrogens is 609 g/mol. The average Bonchev–Trinajstić information content (AvgIpc) is 3.20. The van der Waals surface area contributed by atoms with Gasteiger partial charge in [-0.3, -0.25) is 4.98 Å². The predicted molar refractivity (Wildman–Crippen MR) is 206 cm³/mol. The lowest BCUT2D eigenvalue weighted by atomic mass is 9.93. The monoisotopic (exact) mass is 636 g/mol. The third-order valence-electron chi connectivity index (χ3n) is 9.45. The Hall–Kier alpha value is -6.96. The number of hydrogen-bond donors (Lipinski definition) is 0. The van der Waals surface area contributed by atoms with E-state index in [1.807, 2.05) is 24.3 Å². The minimum atomic E-state index is 0.593. The fourth-order valence-corrected chi connectivity index (χ4v) is 7.06. The normalized spacial score (nSPS) is 11.2. The molecule has 0 saturated carbocycles. The Kier molecular flexibility index (Phi) is 7.15. The van der Waals surface area contributed by atoms with Gasteiger partial charge in [0.1, 0.15) is 0 Å². The molecule has 0 atom stereocenters. The summed E-state index contributed by atoms with van der Waals surface area (Å²) in [4.78, 5) is 14.3. The Morgan fingerprint density at radius 2 is 0.760 bits per heavy atom. The van der Waals surface area contributed by atoms with Gasteiger partial charge in [0.25, 0.3) is 0 Å². The van der Waals surface area contributed by atoms with E-state index < -0.39 is 0 Å². The number of nitriles is 1. The third-order valence-corrected chi connectivity index (χ3v) is 9.45. The molecule has 0 radical (unpaired) electrons. The smallest absolute Gasteiger partial charge is 0.160 e. The molecule has 2 aromatic heterocycles. The highest BCUT2D eigenvalue weighted by Gasteiger charge is 2.14. The van der Waals surface area contributed by atoms with Crippen molar-refractivity contribution in [3.63, 3.8) is 0 Å². The van der Waals surface area contributed by atoms with Crippen LogP contribution in [0.1, 0.15) is 5.56 Å². The summed E-state index contributed by atoms with van der Waals surface area (Å²) in [6.45, 7) is 0. The Balaban J connectivity index is 1.42. The van der Waals surface area contributed by atoms with Gasteiger partial charge in [0.05, 0.1) is 23.0 Å². The number of rotatable bonds is 3. The van der Waals surface area contributed by atoms with Crippen molar-refractivity contribution < 1.29 is 0 Å². The fraction of sp³-hybridized carbons (Fsp3) is 0. The number of fused-ring (bicyclic) bond motifs is 10. The summed E-state index contributed by atoms with van der Waals surface area (Å²) in [6, 6.07) is 57.2. The summed E-state index contributed by atoms with van der Waals surface area (Å²) in [5, 5.41) is 21.2. The van der Waals surface area contributed by atoms with Gasteiger partial charge in [0.15, 0.2) is 5.82 Å². The first kappa shape index (κ1) is 29.2. The van der Waals surface area contributed by atoms with E-state index in [4.69, 9.17) is 9.97 Å². The summed E-state index contributed by atoms with van der Waals surface area (Å²) in [5.74, 6) is 0.593. The highest BCUT2D eigenvalue weighted by Crippen LogP contribution is 2.37. The summed E-state index contributed by atoms with van der Waals surface area (Å²) in [7, 11) is 0. The molecule has 0 N–H and O–H groups in total. The number of hydrogen-bond acceptors (Lipinski definition) is 4. The second-order valence-electron chi connectivity index (χ2n) is 12.3. The summed E-state index contributed by atoms with van der Waals surface area (Å²) in [6.07, 6.45) is 3.56. The van der Waals surface area contributed by atoms with Crippen molar-refractivity contribution in [2.75, 3.05) is 0 Å². The zero-order valence-corrected chi connectivity index (χ0v) is 27.0. The maximum atomic E-state index is 9.40. The molecule has 9 rings (SSSR count). The number of pyridine rings is 1. The molecule has 9 aromatic rings. The first-order valence-corrected chi connectivity index (χ1v) is 16.6. The zero-order valence-electron chi connectivity index (χ0n) is 27.0. The fourth-order valence-electron chi connectivity index (χ4n) is 7.06. The molecule has 0 aliphatic rings. The van der Waals surface area contributed by atoms with Crippen molar-refractivity contribution in [3.8, 4) is 40.0 Å². The van der Waals surface area contributed by atoms with Gasteiger partial charge in [-0.2, -0.15) is 5.26 Å². The minimum Gasteiger partial charge on any atom is -0.265 e. The maximum absolute atomic E-state index is 9.40. The molecule has 0 bridgehead atoms. The molecule has 0 spiro atoms. The van der Waals surface area contributed by atoms with E-state index in [9.17, 15) is 5.26 Å². The molecule has 232 valence electrons. The van der Waals surface area contributed by atoms with Crippen LogP contribution in [0.5, 0.6) is 0 Å². The van der Waals surface area contributed by atoms with Gasteiger partial charge in [0.2, 0.25) is 0 Å². The first-order chi connectivity index (χ1) is 24.7. The molecule has 7 aromatic carbocycles. The molecule has 2 heterocycles. The van der Waals surface area contributed by atoms with Gasteiger partial charge in [-0.15, -0.1) is 0 Å². The lowest BCUT2D eigenvalue weighted by Crippen LogP contribution is -1.96. The van der Waals surface area contributed by atoms with Gasteiger partial charge in [-0.05, 0) is 102 Å². The first-order valence-electron chi connectivity index (χ1n) is 16.6. The second kappa shape index (κ2) is 12.2. The van der Waals surface area contributed by atoms with Crippen LogP contribution in [0.4, 0.5) is 0 Å². The van der Waals surface area contributed by atoms with Crippen molar-refractivity contribution in [1.82, 2.24) is 15.0 Å². The van der Waals surface area contributed by atoms with Crippen molar-refractivity contribution >= 4 is 53.9 Å². The van der Waals surface area contributed by atoms with Crippen molar-refractivity contribution in [2.45, 2.75) is 0 Å². The number of aromatic nitrogens is 3. The van der Waals surface area contributed by atoms with Crippen LogP contribution in [0.25, 0.3) is 87.8 Å². The van der Waals surface area contributed by atoms with Crippen LogP contribution >= 0.6 is 0 Å². The van der Waals surface area contributed by atoms with Crippen LogP contribution in [0.3, 0.4) is 0 Å². The van der Waals surface area contributed by atoms with E-state index in [1.54, 1.807) is 24.5 Å². The van der Waals surface area contributed by atoms with Crippen LogP contribution in [0.2, 0.25) is 0 Å². The van der Waals surface area contributed by atoms with Gasteiger partial charge in [-0.25, -0.2) is 9.97 Å². The van der Waals surface area contributed by atoms with Gasteiger partial charge in [-0.1, -0.05) is 109 Å². The highest BCUT2D eigenvalue weighted by atomic mass is 14.9. The summed E-state index contributed by atoms with van der Waals surface area (Å²) >= 11 is 0. The van der Waals surface area contributed by atoms with E-state index in [1.165, 1.54) is 37.7 Å². The van der Waals surface area contributed by atoms with Crippen LogP contribution in [0.15, 0.2) is 170 Å². The van der Waals surface area contributed by atoms with Crippen LogP contribution in [0, 0.1) is 11.3 Å². The van der Waals surface area contributed by atoms with Crippen LogP contribution in [-0.2, 0) is 0 Å². The molecule has 0 saturated heterocycles. The number of nitrogens with zero attached hydrogens (tertiary/aromatic N) is 4. The standard InChI is InChI=1S/C46H28N4/c47-29-30-17-19-32(20-18-30)46-49-44(31-23-25-48-26-24-31)28-45(50-46)33-21-22-42-40-15-6-5-13-38(40)36-11-2-1-9-34(36)35-10-3-4-12-37(35)39-14-7-8-16-41(39)43(42)27-33/h1-28H. The lowest BCUT2D eigenvalue weighted by Gasteiger charge is -2.12. The highest BCUT2D eigenvalue weighted by molar-refractivity contribution is 6.26. The molecule has 0 aliphatic heterocycles. The van der Waals surface area contributed by atoms with Gasteiger partial charge >= 0.3 is 0 Å². The molecule has 0 fully saturated rings.